The number of halogens is 2. The van der Waals surface area contributed by atoms with Gasteiger partial charge < -0.3 is 26.0 Å². The lowest BCUT2D eigenvalue weighted by atomic mass is 9.80. The van der Waals surface area contributed by atoms with Crippen LogP contribution in [0.2, 0.25) is 0 Å². The molecule has 5 rings (SSSR count). The number of nitrogens with zero attached hydrogens (tertiary/aromatic N) is 6. The van der Waals surface area contributed by atoms with Crippen LogP contribution in [0.3, 0.4) is 0 Å². The van der Waals surface area contributed by atoms with Crippen molar-refractivity contribution >= 4 is 22.7 Å². The summed E-state index contributed by atoms with van der Waals surface area (Å²) in [5, 5.41) is 10.9. The Hall–Kier alpha value is -3.70. The summed E-state index contributed by atoms with van der Waals surface area (Å²) in [6.45, 7) is 5.47. The van der Waals surface area contributed by atoms with Gasteiger partial charge in [0.2, 0.25) is 0 Å². The van der Waals surface area contributed by atoms with Crippen molar-refractivity contribution in [3.63, 3.8) is 0 Å². The van der Waals surface area contributed by atoms with Crippen LogP contribution in [-0.2, 0) is 6.54 Å². The van der Waals surface area contributed by atoms with Gasteiger partial charge in [0.25, 0.3) is 0 Å². The summed E-state index contributed by atoms with van der Waals surface area (Å²) >= 11 is 0. The number of imidazole rings is 1. The second-order valence-electron chi connectivity index (χ2n) is 10.1. The zero-order valence-electron chi connectivity index (χ0n) is 20.8. The molecule has 1 aromatic carbocycles. The Bertz CT molecular complexity index is 1440. The predicted molar refractivity (Wildman–Crippen MR) is 138 cm³/mol. The lowest BCUT2D eigenvalue weighted by Crippen LogP contribution is -2.62. The number of rotatable bonds is 6. The largest absolute Gasteiger partial charge is 0.391 e. The number of aliphatic hydroxyl groups excluding tert-OH is 1. The molecule has 0 radical (unpaired) electrons. The summed E-state index contributed by atoms with van der Waals surface area (Å²) in [6, 6.07) is 5.57. The van der Waals surface area contributed by atoms with E-state index in [0.717, 1.165) is 36.3 Å². The Kier molecular flexibility index (Phi) is 6.50. The van der Waals surface area contributed by atoms with Gasteiger partial charge in [-0.1, -0.05) is 13.8 Å². The third-order valence-electron chi connectivity index (χ3n) is 7.07. The maximum atomic E-state index is 14.0. The average molecular weight is 509 g/mol. The maximum Gasteiger partial charge on any atom is 0.165 e. The molecule has 0 spiro atoms. The Morgan fingerprint density at radius 3 is 2.68 bits per heavy atom. The summed E-state index contributed by atoms with van der Waals surface area (Å²) in [6.07, 6.45) is 5.61. The first kappa shape index (κ1) is 25.0. The molecule has 1 aliphatic rings. The van der Waals surface area contributed by atoms with Crippen LogP contribution in [0.15, 0.2) is 43.1 Å². The van der Waals surface area contributed by atoms with E-state index in [1.54, 1.807) is 12.5 Å². The van der Waals surface area contributed by atoms with Gasteiger partial charge in [-0.2, -0.15) is 0 Å². The van der Waals surface area contributed by atoms with Gasteiger partial charge in [0, 0.05) is 18.7 Å². The normalized spacial score (nSPS) is 19.1. The number of benzene rings is 1. The number of fused-ring (bicyclic) bond motifs is 1. The number of aliphatic hydroxyl groups is 1. The topological polar surface area (TPSA) is 132 Å². The summed E-state index contributed by atoms with van der Waals surface area (Å²) in [4.78, 5) is 19.4. The number of aromatic nitrogens is 5. The number of hydrogen-bond acceptors (Lipinski definition) is 8. The molecule has 0 bridgehead atoms. The van der Waals surface area contributed by atoms with Crippen molar-refractivity contribution in [1.29, 1.82) is 0 Å². The summed E-state index contributed by atoms with van der Waals surface area (Å²) < 4.78 is 29.4. The molecule has 0 amide bonds. The fourth-order valence-electron chi connectivity index (χ4n) is 5.14. The number of nitrogens with two attached hydrogens (primary N) is 2. The maximum absolute atomic E-state index is 14.0. The van der Waals surface area contributed by atoms with Crippen molar-refractivity contribution < 1.29 is 13.9 Å². The zero-order chi connectivity index (χ0) is 26.3. The first-order valence-corrected chi connectivity index (χ1v) is 12.2. The van der Waals surface area contributed by atoms with Crippen molar-refractivity contribution in [1.82, 2.24) is 24.5 Å². The van der Waals surface area contributed by atoms with E-state index in [1.807, 2.05) is 24.5 Å². The number of hydrogen-bond donors (Lipinski definition) is 3. The molecule has 5 N–H and O–H groups in total. The molecule has 0 saturated carbocycles. The molecule has 1 fully saturated rings. The van der Waals surface area contributed by atoms with Crippen molar-refractivity contribution in [2.24, 2.45) is 11.7 Å². The molecule has 4 heterocycles. The van der Waals surface area contributed by atoms with E-state index in [2.05, 4.69) is 24.8 Å². The van der Waals surface area contributed by atoms with Crippen molar-refractivity contribution in [3.05, 3.63) is 60.3 Å². The van der Waals surface area contributed by atoms with Crippen LogP contribution < -0.4 is 16.4 Å². The van der Waals surface area contributed by atoms with Gasteiger partial charge in [0.1, 0.15) is 11.8 Å². The Labute approximate surface area is 213 Å². The van der Waals surface area contributed by atoms with Gasteiger partial charge in [-0.3, -0.25) is 4.98 Å². The first-order valence-electron chi connectivity index (χ1n) is 12.2. The second-order valence-corrected chi connectivity index (χ2v) is 10.1. The van der Waals surface area contributed by atoms with Crippen LogP contribution in [-0.4, -0.2) is 54.3 Å². The fourth-order valence-corrected chi connectivity index (χ4v) is 5.14. The molecule has 3 aromatic heterocycles. The van der Waals surface area contributed by atoms with E-state index >= 15 is 0 Å². The van der Waals surface area contributed by atoms with Crippen LogP contribution in [0, 0.1) is 17.6 Å². The van der Waals surface area contributed by atoms with E-state index in [-0.39, 0.29) is 11.7 Å². The highest BCUT2D eigenvalue weighted by atomic mass is 19.2. The van der Waals surface area contributed by atoms with E-state index in [1.165, 1.54) is 12.4 Å². The molecule has 37 heavy (non-hydrogen) atoms. The number of pyridine rings is 1. The first-order chi connectivity index (χ1) is 17.7. The molecule has 4 aromatic rings. The highest BCUT2D eigenvalue weighted by molar-refractivity contribution is 5.81. The van der Waals surface area contributed by atoms with Crippen LogP contribution in [0.5, 0.6) is 0 Å². The molecular weight excluding hydrogens is 478 g/mol. The molecule has 1 aliphatic heterocycles. The molecule has 194 valence electrons. The van der Waals surface area contributed by atoms with Gasteiger partial charge in [-0.15, -0.1) is 0 Å². The quantitative estimate of drug-likeness (QED) is 0.362. The molecular formula is C26H30F2N8O. The Morgan fingerprint density at radius 2 is 1.92 bits per heavy atom. The van der Waals surface area contributed by atoms with Crippen molar-refractivity contribution in [2.75, 3.05) is 23.7 Å². The van der Waals surface area contributed by atoms with Gasteiger partial charge in [-0.05, 0) is 48.6 Å². The van der Waals surface area contributed by atoms with Gasteiger partial charge in [-0.25, -0.2) is 23.7 Å². The highest BCUT2D eigenvalue weighted by Crippen LogP contribution is 2.33. The van der Waals surface area contributed by atoms with E-state index in [0.29, 0.717) is 41.9 Å². The lowest BCUT2D eigenvalue weighted by molar-refractivity contribution is 0.0361. The summed E-state index contributed by atoms with van der Waals surface area (Å²) in [5.41, 5.74) is 15.6. The zero-order valence-corrected chi connectivity index (χ0v) is 20.8. The molecule has 1 saturated heterocycles. The molecule has 9 nitrogen and oxygen atoms in total. The standard InChI is InChI=1S/C26H30F2N8O/c1-15(2)23(37)26(30)6-3-7-35(12-26)21-10-31-20(16-4-5-18(27)19(28)8-16)9-17(21)11-36-14-34-22-24(29)32-13-33-25(22)36/h4-5,8-10,13-15,23,37H,3,6-7,11-12,30H2,1-2H3,(H2,29,32,33)/t23-,26+/m0/s1. The molecule has 2 atom stereocenters. The third kappa shape index (κ3) is 4.72. The highest BCUT2D eigenvalue weighted by Gasteiger charge is 2.40. The van der Waals surface area contributed by atoms with Crippen LogP contribution in [0.1, 0.15) is 32.3 Å². The monoisotopic (exact) mass is 508 g/mol. The van der Waals surface area contributed by atoms with Crippen LogP contribution in [0.4, 0.5) is 20.3 Å². The minimum absolute atomic E-state index is 0.0146. The third-order valence-corrected chi connectivity index (χ3v) is 7.07. The Morgan fingerprint density at radius 1 is 1.11 bits per heavy atom. The van der Waals surface area contributed by atoms with E-state index < -0.39 is 23.3 Å². The number of nitrogen functional groups attached to an aromatic ring is 1. The average Bonchev–Trinajstić information content (AvgIpc) is 3.29. The fraction of sp³-hybridized carbons (Fsp3) is 0.385. The van der Waals surface area contributed by atoms with Crippen molar-refractivity contribution in [3.8, 4) is 11.3 Å². The van der Waals surface area contributed by atoms with Crippen LogP contribution in [0.25, 0.3) is 22.4 Å². The van der Waals surface area contributed by atoms with E-state index in [4.69, 9.17) is 11.5 Å². The van der Waals surface area contributed by atoms with Gasteiger partial charge in [0.05, 0.1) is 42.1 Å². The smallest absolute Gasteiger partial charge is 0.165 e. The Balaban J connectivity index is 1.58. The number of anilines is 2. The lowest BCUT2D eigenvalue weighted by Gasteiger charge is -2.45. The van der Waals surface area contributed by atoms with Gasteiger partial charge >= 0.3 is 0 Å². The number of piperidine rings is 1. The molecule has 0 aliphatic carbocycles. The minimum Gasteiger partial charge on any atom is -0.391 e. The van der Waals surface area contributed by atoms with Crippen LogP contribution >= 0.6 is 0 Å². The summed E-state index contributed by atoms with van der Waals surface area (Å²) in [7, 11) is 0. The van der Waals surface area contributed by atoms with Gasteiger partial charge in [0.15, 0.2) is 23.1 Å². The van der Waals surface area contributed by atoms with Crippen molar-refractivity contribution in [2.45, 2.75) is 44.9 Å². The minimum atomic E-state index is -0.940. The summed E-state index contributed by atoms with van der Waals surface area (Å²) in [5.74, 6) is -1.56. The SMILES string of the molecule is CC(C)[C@H](O)[C@@]1(N)CCCN(c2cnc(-c3ccc(F)c(F)c3)cc2Cn2cnc3c(N)ncnc32)C1. The second kappa shape index (κ2) is 9.64. The molecule has 0 unspecified atom stereocenters. The molecule has 11 heteroatoms. The predicted octanol–water partition coefficient (Wildman–Crippen LogP) is 3.11. The van der Waals surface area contributed by atoms with E-state index in [9.17, 15) is 13.9 Å².